The number of benzene rings is 2. The molecule has 2 aromatic rings. The van der Waals surface area contributed by atoms with E-state index in [1.165, 1.54) is 4.90 Å². The van der Waals surface area contributed by atoms with Crippen molar-refractivity contribution >= 4 is 17.8 Å². The van der Waals surface area contributed by atoms with Gasteiger partial charge in [-0.2, -0.15) is 5.26 Å². The van der Waals surface area contributed by atoms with E-state index < -0.39 is 17.2 Å². The van der Waals surface area contributed by atoms with Crippen LogP contribution < -0.4 is 15.4 Å². The van der Waals surface area contributed by atoms with Gasteiger partial charge in [-0.05, 0) is 63.8 Å². The van der Waals surface area contributed by atoms with Crippen LogP contribution in [0.4, 0.5) is 0 Å². The van der Waals surface area contributed by atoms with Crippen LogP contribution in [0.5, 0.6) is 5.75 Å². The van der Waals surface area contributed by atoms with E-state index in [0.29, 0.717) is 18.4 Å². The summed E-state index contributed by atoms with van der Waals surface area (Å²) in [6, 6.07) is 16.4. The fourth-order valence-corrected chi connectivity index (χ4v) is 5.72. The first-order chi connectivity index (χ1) is 17.5. The SMILES string of the molecule is CC1(C)CC(=O)N(C(c2ccc(C#N)cc2)[C@@H]2C[C@H]2C(=O)N[C@H]2CC(C)(C)Oc3ccccc32)C(=N)N1. The molecule has 2 aliphatic heterocycles. The average molecular weight is 500 g/mol. The molecular formula is C29H33N5O3. The summed E-state index contributed by atoms with van der Waals surface area (Å²) < 4.78 is 6.11. The van der Waals surface area contributed by atoms with Crippen LogP contribution in [0.3, 0.4) is 0 Å². The molecule has 2 heterocycles. The lowest BCUT2D eigenvalue weighted by Gasteiger charge is -2.42. The monoisotopic (exact) mass is 499 g/mol. The zero-order valence-corrected chi connectivity index (χ0v) is 21.7. The number of carbonyl (C=O) groups is 2. The number of fused-ring (bicyclic) bond motifs is 1. The van der Waals surface area contributed by atoms with Gasteiger partial charge in [-0.1, -0.05) is 30.3 Å². The molecule has 192 valence electrons. The second-order valence-electron chi connectivity index (χ2n) is 11.6. The van der Waals surface area contributed by atoms with Gasteiger partial charge >= 0.3 is 0 Å². The summed E-state index contributed by atoms with van der Waals surface area (Å²) in [5.41, 5.74) is 1.39. The van der Waals surface area contributed by atoms with Gasteiger partial charge in [0, 0.05) is 29.9 Å². The van der Waals surface area contributed by atoms with Crippen molar-refractivity contribution in [1.82, 2.24) is 15.5 Å². The van der Waals surface area contributed by atoms with E-state index in [1.54, 1.807) is 12.1 Å². The Balaban J connectivity index is 1.40. The summed E-state index contributed by atoms with van der Waals surface area (Å²) in [7, 11) is 0. The third-order valence-corrected chi connectivity index (χ3v) is 7.49. The molecule has 0 bridgehead atoms. The Labute approximate surface area is 217 Å². The smallest absolute Gasteiger partial charge is 0.232 e. The first-order valence-corrected chi connectivity index (χ1v) is 12.8. The minimum absolute atomic E-state index is 0.0433. The Morgan fingerprint density at radius 2 is 1.89 bits per heavy atom. The minimum Gasteiger partial charge on any atom is -0.487 e. The van der Waals surface area contributed by atoms with E-state index in [4.69, 9.17) is 10.1 Å². The van der Waals surface area contributed by atoms with Gasteiger partial charge in [-0.3, -0.25) is 19.9 Å². The highest BCUT2D eigenvalue weighted by Gasteiger charge is 2.53. The van der Waals surface area contributed by atoms with Crippen LogP contribution in [0, 0.1) is 28.6 Å². The van der Waals surface area contributed by atoms with Crippen molar-refractivity contribution in [3.8, 4) is 11.8 Å². The van der Waals surface area contributed by atoms with Crippen LogP contribution in [0.25, 0.3) is 0 Å². The molecule has 3 aliphatic rings. The average Bonchev–Trinajstić information content (AvgIpc) is 3.61. The summed E-state index contributed by atoms with van der Waals surface area (Å²) in [6.45, 7) is 7.83. The van der Waals surface area contributed by atoms with Crippen LogP contribution in [0.1, 0.15) is 75.7 Å². The molecule has 1 saturated heterocycles. The zero-order valence-electron chi connectivity index (χ0n) is 21.7. The molecule has 2 fully saturated rings. The van der Waals surface area contributed by atoms with E-state index in [0.717, 1.165) is 16.9 Å². The first-order valence-electron chi connectivity index (χ1n) is 12.8. The number of carbonyl (C=O) groups excluding carboxylic acids is 2. The number of nitriles is 1. The molecular weight excluding hydrogens is 466 g/mol. The van der Waals surface area contributed by atoms with Crippen molar-refractivity contribution in [3.63, 3.8) is 0 Å². The summed E-state index contributed by atoms with van der Waals surface area (Å²) in [5.74, 6) is 0.215. The largest absolute Gasteiger partial charge is 0.487 e. The lowest BCUT2D eigenvalue weighted by Crippen LogP contribution is -2.60. The molecule has 3 N–H and O–H groups in total. The maximum Gasteiger partial charge on any atom is 0.232 e. The van der Waals surface area contributed by atoms with Crippen molar-refractivity contribution in [2.24, 2.45) is 11.8 Å². The van der Waals surface area contributed by atoms with E-state index in [9.17, 15) is 14.9 Å². The molecule has 5 rings (SSSR count). The Morgan fingerprint density at radius 3 is 2.57 bits per heavy atom. The first kappa shape index (κ1) is 24.8. The molecule has 8 heteroatoms. The van der Waals surface area contributed by atoms with Gasteiger partial charge in [0.05, 0.1) is 23.7 Å². The Hall–Kier alpha value is -3.86. The number of amides is 2. The topological polar surface area (TPSA) is 118 Å². The number of guanidine groups is 1. The molecule has 0 aromatic heterocycles. The van der Waals surface area contributed by atoms with Gasteiger partial charge in [0.1, 0.15) is 11.4 Å². The highest BCUT2D eigenvalue weighted by Crippen LogP contribution is 2.51. The fraction of sp³-hybridized carbons (Fsp3) is 0.448. The summed E-state index contributed by atoms with van der Waals surface area (Å²) in [4.78, 5) is 28.3. The van der Waals surface area contributed by atoms with Gasteiger partial charge in [0.25, 0.3) is 0 Å². The number of rotatable bonds is 5. The van der Waals surface area contributed by atoms with Gasteiger partial charge in [-0.15, -0.1) is 0 Å². The number of hydrogen-bond acceptors (Lipinski definition) is 5. The van der Waals surface area contributed by atoms with Gasteiger partial charge < -0.3 is 15.4 Å². The molecule has 4 atom stereocenters. The van der Waals surface area contributed by atoms with E-state index in [1.807, 2.05) is 64.1 Å². The molecule has 8 nitrogen and oxygen atoms in total. The molecule has 37 heavy (non-hydrogen) atoms. The van der Waals surface area contributed by atoms with Crippen LogP contribution in [-0.2, 0) is 9.59 Å². The van der Waals surface area contributed by atoms with E-state index in [-0.39, 0.29) is 42.1 Å². The fourth-order valence-electron chi connectivity index (χ4n) is 5.72. The normalized spacial score (nSPS) is 26.1. The quantitative estimate of drug-likeness (QED) is 0.570. The predicted molar refractivity (Wildman–Crippen MR) is 139 cm³/mol. The van der Waals surface area contributed by atoms with Crippen molar-refractivity contribution < 1.29 is 14.3 Å². The zero-order chi connectivity index (χ0) is 26.5. The maximum atomic E-state index is 13.5. The Kier molecular flexibility index (Phi) is 5.98. The maximum absolute atomic E-state index is 13.5. The summed E-state index contributed by atoms with van der Waals surface area (Å²) in [5, 5.41) is 24.3. The van der Waals surface area contributed by atoms with Crippen LogP contribution in [0.15, 0.2) is 48.5 Å². The van der Waals surface area contributed by atoms with Gasteiger partial charge in [0.15, 0.2) is 5.96 Å². The third-order valence-electron chi connectivity index (χ3n) is 7.49. The molecule has 1 unspecified atom stereocenters. The van der Waals surface area contributed by atoms with E-state index in [2.05, 4.69) is 16.7 Å². The summed E-state index contributed by atoms with van der Waals surface area (Å²) >= 11 is 0. The number of para-hydroxylation sites is 1. The van der Waals surface area contributed by atoms with Crippen molar-refractivity contribution in [1.29, 1.82) is 10.7 Å². The number of ether oxygens (including phenoxy) is 1. The van der Waals surface area contributed by atoms with Gasteiger partial charge in [0.2, 0.25) is 11.8 Å². The molecule has 0 radical (unpaired) electrons. The van der Waals surface area contributed by atoms with Gasteiger partial charge in [-0.25, -0.2) is 0 Å². The van der Waals surface area contributed by atoms with Crippen LogP contribution in [0.2, 0.25) is 0 Å². The number of nitrogens with one attached hydrogen (secondary N) is 3. The van der Waals surface area contributed by atoms with E-state index >= 15 is 0 Å². The second kappa shape index (κ2) is 8.91. The van der Waals surface area contributed by atoms with Crippen molar-refractivity contribution in [2.45, 2.75) is 70.2 Å². The highest BCUT2D eigenvalue weighted by molar-refractivity contribution is 5.99. The highest BCUT2D eigenvalue weighted by atomic mass is 16.5. The van der Waals surface area contributed by atoms with Crippen LogP contribution >= 0.6 is 0 Å². The Morgan fingerprint density at radius 1 is 1.19 bits per heavy atom. The second-order valence-corrected chi connectivity index (χ2v) is 11.6. The number of hydrogen-bond donors (Lipinski definition) is 3. The molecule has 1 aliphatic carbocycles. The summed E-state index contributed by atoms with van der Waals surface area (Å²) in [6.07, 6.45) is 1.52. The lowest BCUT2D eigenvalue weighted by atomic mass is 9.89. The third kappa shape index (κ3) is 4.91. The molecule has 1 saturated carbocycles. The molecule has 2 amide bonds. The predicted octanol–water partition coefficient (Wildman–Crippen LogP) is 4.19. The van der Waals surface area contributed by atoms with Crippen molar-refractivity contribution in [2.75, 3.05) is 0 Å². The standard InChI is InChI=1S/C29H33N5O3/c1-28(2)15-24(35)34(27(31)33-28)25(18-11-9-17(16-30)10-12-18)20-13-21(20)26(36)32-22-14-29(3,4)37-23-8-6-5-7-19(22)23/h5-12,20-22,25H,13-15H2,1-4H3,(H2,31,33)(H,32,36)/t20-,21-,22+,25?/m1/s1. The molecule has 0 spiro atoms. The Bertz CT molecular complexity index is 1270. The minimum atomic E-state index is -0.510. The van der Waals surface area contributed by atoms with Crippen LogP contribution in [-0.4, -0.2) is 33.8 Å². The lowest BCUT2D eigenvalue weighted by molar-refractivity contribution is -0.133. The van der Waals surface area contributed by atoms with Crippen molar-refractivity contribution in [3.05, 3.63) is 65.2 Å². The number of nitrogens with zero attached hydrogens (tertiary/aromatic N) is 2. The molecule has 2 aromatic carbocycles.